The van der Waals surface area contributed by atoms with Gasteiger partial charge in [0, 0.05) is 38.3 Å². The molecule has 1 aromatic carbocycles. The average molecular weight is 319 g/mol. The fraction of sp³-hybridized carbons (Fsp3) is 0.312. The maximum atomic E-state index is 13.7. The first-order valence-corrected chi connectivity index (χ1v) is 7.32. The van der Waals surface area contributed by atoms with Crippen molar-refractivity contribution < 1.29 is 18.3 Å². The minimum atomic E-state index is -0.842. The average Bonchev–Trinajstić information content (AvgIpc) is 2.56. The number of likely N-dealkylation sites (tertiary alicyclic amines) is 1. The number of hydrogen-bond acceptors (Lipinski definition) is 4. The second-order valence-corrected chi connectivity index (χ2v) is 5.24. The van der Waals surface area contributed by atoms with Crippen LogP contribution in [0.25, 0.3) is 0 Å². The highest BCUT2D eigenvalue weighted by atomic mass is 19.1. The zero-order valence-electron chi connectivity index (χ0n) is 12.3. The van der Waals surface area contributed by atoms with Crippen LogP contribution in [0, 0.1) is 11.6 Å². The normalized spacial score (nSPS) is 15.5. The van der Waals surface area contributed by atoms with E-state index in [-0.39, 0.29) is 12.1 Å². The summed E-state index contributed by atoms with van der Waals surface area (Å²) in [5, 5.41) is 0. The first kappa shape index (κ1) is 15.3. The number of halogens is 2. The summed E-state index contributed by atoms with van der Waals surface area (Å²) in [6.45, 7) is 0.730. The fourth-order valence-electron chi connectivity index (χ4n) is 2.53. The molecule has 0 spiro atoms. The molecule has 1 amide bonds. The van der Waals surface area contributed by atoms with Crippen LogP contribution in [0.5, 0.6) is 6.01 Å². The third kappa shape index (κ3) is 3.44. The van der Waals surface area contributed by atoms with Crippen LogP contribution >= 0.6 is 0 Å². The van der Waals surface area contributed by atoms with E-state index in [0.717, 1.165) is 12.1 Å². The number of piperidine rings is 1. The van der Waals surface area contributed by atoms with Gasteiger partial charge in [-0.1, -0.05) is 6.07 Å². The molecule has 1 aromatic heterocycles. The molecular formula is C16H15F2N3O2. The summed E-state index contributed by atoms with van der Waals surface area (Å²) >= 11 is 0. The Bertz CT molecular complexity index is 669. The molecule has 23 heavy (non-hydrogen) atoms. The highest BCUT2D eigenvalue weighted by Crippen LogP contribution is 2.20. The van der Waals surface area contributed by atoms with Gasteiger partial charge < -0.3 is 9.64 Å². The van der Waals surface area contributed by atoms with Crippen molar-refractivity contribution in [2.24, 2.45) is 0 Å². The predicted octanol–water partition coefficient (Wildman–Crippen LogP) is 2.44. The minimum absolute atomic E-state index is 0.119. The van der Waals surface area contributed by atoms with E-state index in [9.17, 15) is 13.6 Å². The Hall–Kier alpha value is -2.57. The summed E-state index contributed by atoms with van der Waals surface area (Å²) < 4.78 is 33.0. The molecule has 1 aliphatic rings. The van der Waals surface area contributed by atoms with Gasteiger partial charge in [0.05, 0.1) is 0 Å². The summed E-state index contributed by atoms with van der Waals surface area (Å²) in [6, 6.07) is 5.38. The number of benzene rings is 1. The number of carbonyl (C=O) groups is 1. The maximum absolute atomic E-state index is 13.7. The largest absolute Gasteiger partial charge is 0.460 e. The van der Waals surface area contributed by atoms with Crippen LogP contribution in [-0.2, 0) is 0 Å². The Morgan fingerprint density at radius 1 is 1.09 bits per heavy atom. The Morgan fingerprint density at radius 3 is 2.30 bits per heavy atom. The number of amides is 1. The predicted molar refractivity (Wildman–Crippen MR) is 77.9 cm³/mol. The van der Waals surface area contributed by atoms with E-state index in [0.29, 0.717) is 25.9 Å². The standard InChI is InChI=1S/C16H15F2N3O2/c17-12-3-1-4-13(18)14(12)15(22)21-9-5-11(6-10-21)23-16-19-7-2-8-20-16/h1-4,7-8,11H,5-6,9-10H2. The van der Waals surface area contributed by atoms with E-state index in [1.165, 1.54) is 11.0 Å². The molecule has 0 unspecified atom stereocenters. The van der Waals surface area contributed by atoms with Gasteiger partial charge in [-0.2, -0.15) is 0 Å². The first-order chi connectivity index (χ1) is 11.1. The molecule has 120 valence electrons. The van der Waals surface area contributed by atoms with E-state index in [2.05, 4.69) is 9.97 Å². The van der Waals surface area contributed by atoms with Crippen LogP contribution < -0.4 is 4.74 Å². The van der Waals surface area contributed by atoms with E-state index >= 15 is 0 Å². The molecule has 0 saturated carbocycles. The molecule has 0 radical (unpaired) electrons. The summed E-state index contributed by atoms with van der Waals surface area (Å²) in [6.07, 6.45) is 4.16. The lowest BCUT2D eigenvalue weighted by Crippen LogP contribution is -2.42. The third-order valence-electron chi connectivity index (χ3n) is 3.72. The Morgan fingerprint density at radius 2 is 1.70 bits per heavy atom. The summed E-state index contributed by atoms with van der Waals surface area (Å²) in [7, 11) is 0. The topological polar surface area (TPSA) is 55.3 Å². The van der Waals surface area contributed by atoms with Gasteiger partial charge >= 0.3 is 6.01 Å². The van der Waals surface area contributed by atoms with Crippen LogP contribution in [-0.4, -0.2) is 40.0 Å². The van der Waals surface area contributed by atoms with Crippen LogP contribution in [0.4, 0.5) is 8.78 Å². The van der Waals surface area contributed by atoms with Gasteiger partial charge in [-0.15, -0.1) is 0 Å². The molecular weight excluding hydrogens is 304 g/mol. The molecule has 0 aliphatic carbocycles. The number of ether oxygens (including phenoxy) is 1. The molecule has 2 aromatic rings. The number of rotatable bonds is 3. The first-order valence-electron chi connectivity index (χ1n) is 7.32. The number of hydrogen-bond donors (Lipinski definition) is 0. The lowest BCUT2D eigenvalue weighted by molar-refractivity contribution is 0.0570. The maximum Gasteiger partial charge on any atom is 0.316 e. The number of nitrogens with zero attached hydrogens (tertiary/aromatic N) is 3. The van der Waals surface area contributed by atoms with Gasteiger partial charge in [-0.3, -0.25) is 4.79 Å². The van der Waals surface area contributed by atoms with Crippen LogP contribution in [0.1, 0.15) is 23.2 Å². The van der Waals surface area contributed by atoms with Crippen LogP contribution in [0.15, 0.2) is 36.7 Å². The van der Waals surface area contributed by atoms with Crippen molar-refractivity contribution in [1.82, 2.24) is 14.9 Å². The second-order valence-electron chi connectivity index (χ2n) is 5.24. The van der Waals surface area contributed by atoms with Crippen molar-refractivity contribution in [2.45, 2.75) is 18.9 Å². The van der Waals surface area contributed by atoms with E-state index < -0.39 is 23.1 Å². The Labute approximate surface area is 131 Å². The monoisotopic (exact) mass is 319 g/mol. The van der Waals surface area contributed by atoms with Gasteiger partial charge in [0.25, 0.3) is 5.91 Å². The van der Waals surface area contributed by atoms with E-state index in [1.54, 1.807) is 18.5 Å². The zero-order valence-corrected chi connectivity index (χ0v) is 12.3. The Kier molecular flexibility index (Phi) is 4.45. The molecule has 0 bridgehead atoms. The van der Waals surface area contributed by atoms with Crippen molar-refractivity contribution in [1.29, 1.82) is 0 Å². The van der Waals surface area contributed by atoms with Gasteiger partial charge in [0.1, 0.15) is 23.3 Å². The second kappa shape index (κ2) is 6.68. The van der Waals surface area contributed by atoms with Crippen molar-refractivity contribution in [3.63, 3.8) is 0 Å². The van der Waals surface area contributed by atoms with Gasteiger partial charge in [-0.05, 0) is 18.2 Å². The summed E-state index contributed by atoms with van der Waals surface area (Å²) in [5.74, 6) is -2.31. The highest BCUT2D eigenvalue weighted by molar-refractivity contribution is 5.94. The molecule has 0 atom stereocenters. The zero-order chi connectivity index (χ0) is 16.2. The third-order valence-corrected chi connectivity index (χ3v) is 3.72. The van der Waals surface area contributed by atoms with Crippen LogP contribution in [0.2, 0.25) is 0 Å². The van der Waals surface area contributed by atoms with Gasteiger partial charge in [-0.25, -0.2) is 18.7 Å². The molecule has 2 heterocycles. The Balaban J connectivity index is 1.62. The number of aromatic nitrogens is 2. The summed E-state index contributed by atoms with van der Waals surface area (Å²) in [4.78, 5) is 21.7. The van der Waals surface area contributed by atoms with Crippen molar-refractivity contribution >= 4 is 5.91 Å². The molecule has 1 aliphatic heterocycles. The molecule has 7 heteroatoms. The van der Waals surface area contributed by atoms with Crippen molar-refractivity contribution in [3.05, 3.63) is 53.9 Å². The molecule has 3 rings (SSSR count). The lowest BCUT2D eigenvalue weighted by atomic mass is 10.1. The highest BCUT2D eigenvalue weighted by Gasteiger charge is 2.28. The quantitative estimate of drug-likeness (QED) is 0.872. The molecule has 5 nitrogen and oxygen atoms in total. The minimum Gasteiger partial charge on any atom is -0.460 e. The summed E-state index contributed by atoms with van der Waals surface area (Å²) in [5.41, 5.74) is -0.502. The molecule has 0 N–H and O–H groups in total. The van der Waals surface area contributed by atoms with Crippen molar-refractivity contribution in [3.8, 4) is 6.01 Å². The lowest BCUT2D eigenvalue weighted by Gasteiger charge is -2.31. The van der Waals surface area contributed by atoms with E-state index in [4.69, 9.17) is 4.74 Å². The molecule has 1 fully saturated rings. The fourth-order valence-corrected chi connectivity index (χ4v) is 2.53. The SMILES string of the molecule is O=C(c1c(F)cccc1F)N1CCC(Oc2ncccn2)CC1. The van der Waals surface area contributed by atoms with E-state index in [1.807, 2.05) is 0 Å². The molecule has 1 saturated heterocycles. The number of carbonyl (C=O) groups excluding carboxylic acids is 1. The van der Waals surface area contributed by atoms with Crippen molar-refractivity contribution in [2.75, 3.05) is 13.1 Å². The van der Waals surface area contributed by atoms with Gasteiger partial charge in [0.2, 0.25) is 0 Å². The smallest absolute Gasteiger partial charge is 0.316 e. The van der Waals surface area contributed by atoms with Gasteiger partial charge in [0.15, 0.2) is 0 Å². The van der Waals surface area contributed by atoms with Crippen LogP contribution in [0.3, 0.4) is 0 Å².